The Bertz CT molecular complexity index is 617. The van der Waals surface area contributed by atoms with Gasteiger partial charge in [-0.15, -0.1) is 0 Å². The second kappa shape index (κ2) is 5.88. The molecular weight excluding hydrogens is 374 g/mol. The predicted molar refractivity (Wildman–Crippen MR) is 83.2 cm³/mol. The number of nitrogens with zero attached hydrogens (tertiary/aromatic N) is 2. The fraction of sp³-hybridized carbons (Fsp3) is 0.231. The highest BCUT2D eigenvalue weighted by Gasteiger charge is 2.11. The highest BCUT2D eigenvalue weighted by molar-refractivity contribution is 9.11. The van der Waals surface area contributed by atoms with Gasteiger partial charge in [0.25, 0.3) is 0 Å². The van der Waals surface area contributed by atoms with Gasteiger partial charge in [0, 0.05) is 5.56 Å². The van der Waals surface area contributed by atoms with E-state index < -0.39 is 0 Å². The van der Waals surface area contributed by atoms with Gasteiger partial charge in [-0.2, -0.15) is 0 Å². The van der Waals surface area contributed by atoms with Crippen molar-refractivity contribution in [3.05, 3.63) is 32.8 Å². The fourth-order valence-corrected chi connectivity index (χ4v) is 2.68. The van der Waals surface area contributed by atoms with E-state index in [2.05, 4.69) is 41.8 Å². The molecule has 19 heavy (non-hydrogen) atoms. The highest BCUT2D eigenvalue weighted by atomic mass is 79.9. The van der Waals surface area contributed by atoms with Crippen molar-refractivity contribution in [1.29, 1.82) is 0 Å². The Hall–Kier alpha value is -1.14. The van der Waals surface area contributed by atoms with Gasteiger partial charge in [-0.25, -0.2) is 9.97 Å². The van der Waals surface area contributed by atoms with Crippen molar-refractivity contribution in [3.63, 3.8) is 0 Å². The van der Waals surface area contributed by atoms with Crippen LogP contribution in [-0.4, -0.2) is 17.1 Å². The van der Waals surface area contributed by atoms with Crippen LogP contribution < -0.4 is 10.5 Å². The van der Waals surface area contributed by atoms with E-state index in [-0.39, 0.29) is 0 Å². The number of hydrogen-bond donors (Lipinski definition) is 1. The topological polar surface area (TPSA) is 61.0 Å². The van der Waals surface area contributed by atoms with Gasteiger partial charge in [0.15, 0.2) is 5.82 Å². The number of nitrogens with two attached hydrogens (primary N) is 1. The van der Waals surface area contributed by atoms with Crippen molar-refractivity contribution in [2.45, 2.75) is 13.3 Å². The van der Waals surface area contributed by atoms with Crippen molar-refractivity contribution < 1.29 is 4.74 Å². The van der Waals surface area contributed by atoms with E-state index in [1.54, 1.807) is 7.11 Å². The van der Waals surface area contributed by atoms with E-state index in [9.17, 15) is 0 Å². The molecule has 0 spiro atoms. The van der Waals surface area contributed by atoms with Crippen LogP contribution in [0, 0.1) is 0 Å². The zero-order valence-corrected chi connectivity index (χ0v) is 13.7. The maximum absolute atomic E-state index is 5.89. The molecule has 0 amide bonds. The van der Waals surface area contributed by atoms with Gasteiger partial charge in [0.1, 0.15) is 11.6 Å². The molecule has 4 nitrogen and oxygen atoms in total. The highest BCUT2D eigenvalue weighted by Crippen LogP contribution is 2.31. The second-order valence-corrected chi connectivity index (χ2v) is 5.54. The fourth-order valence-electron chi connectivity index (χ4n) is 1.68. The van der Waals surface area contributed by atoms with E-state index >= 15 is 0 Å². The molecule has 100 valence electrons. The van der Waals surface area contributed by atoms with Crippen molar-refractivity contribution >= 4 is 37.7 Å². The predicted octanol–water partition coefficient (Wildman–Crippen LogP) is 3.82. The molecule has 0 radical (unpaired) electrons. The lowest BCUT2D eigenvalue weighted by atomic mass is 10.2. The molecule has 0 aliphatic carbocycles. The molecule has 2 N–H and O–H groups in total. The molecule has 1 aromatic carbocycles. The maximum Gasteiger partial charge on any atom is 0.161 e. The lowest BCUT2D eigenvalue weighted by Crippen LogP contribution is -2.02. The largest absolute Gasteiger partial charge is 0.496 e. The summed E-state index contributed by atoms with van der Waals surface area (Å²) in [4.78, 5) is 8.83. The van der Waals surface area contributed by atoms with Crippen LogP contribution in [0.3, 0.4) is 0 Å². The van der Waals surface area contributed by atoms with Crippen LogP contribution in [-0.2, 0) is 6.42 Å². The van der Waals surface area contributed by atoms with Crippen LogP contribution in [0.15, 0.2) is 27.1 Å². The van der Waals surface area contributed by atoms with Crippen LogP contribution in [0.5, 0.6) is 5.75 Å². The lowest BCUT2D eigenvalue weighted by Gasteiger charge is -2.09. The van der Waals surface area contributed by atoms with Gasteiger partial charge >= 0.3 is 0 Å². The Labute approximate surface area is 128 Å². The van der Waals surface area contributed by atoms with Gasteiger partial charge in [0.2, 0.25) is 0 Å². The van der Waals surface area contributed by atoms with Crippen LogP contribution in [0.2, 0.25) is 0 Å². The van der Waals surface area contributed by atoms with E-state index in [1.165, 1.54) is 0 Å². The maximum atomic E-state index is 5.89. The normalized spacial score (nSPS) is 10.5. The first-order valence-electron chi connectivity index (χ1n) is 5.72. The zero-order valence-electron chi connectivity index (χ0n) is 10.6. The minimum Gasteiger partial charge on any atom is -0.496 e. The molecule has 2 aromatic rings. The Kier molecular flexibility index (Phi) is 4.42. The summed E-state index contributed by atoms with van der Waals surface area (Å²) in [7, 11) is 1.63. The number of benzene rings is 1. The molecule has 0 aliphatic heterocycles. The van der Waals surface area contributed by atoms with E-state index in [0.29, 0.717) is 11.6 Å². The van der Waals surface area contributed by atoms with Crippen LogP contribution in [0.4, 0.5) is 5.82 Å². The first-order chi connectivity index (χ1) is 9.06. The summed E-state index contributed by atoms with van der Waals surface area (Å²) in [6.07, 6.45) is 0.789. The monoisotopic (exact) mass is 385 g/mol. The average Bonchev–Trinajstić information content (AvgIpc) is 2.41. The summed E-state index contributed by atoms with van der Waals surface area (Å²) >= 11 is 6.86. The van der Waals surface area contributed by atoms with Gasteiger partial charge in [-0.1, -0.05) is 6.92 Å². The number of methoxy groups -OCH3 is 1. The smallest absolute Gasteiger partial charge is 0.161 e. The van der Waals surface area contributed by atoms with Gasteiger partial charge in [0.05, 0.1) is 21.7 Å². The molecule has 0 bridgehead atoms. The Balaban J connectivity index is 2.53. The minimum absolute atomic E-state index is 0.453. The Morgan fingerprint density at radius 3 is 2.58 bits per heavy atom. The molecule has 0 unspecified atom stereocenters. The minimum atomic E-state index is 0.453. The van der Waals surface area contributed by atoms with E-state index in [4.69, 9.17) is 10.5 Å². The van der Waals surface area contributed by atoms with E-state index in [0.717, 1.165) is 32.4 Å². The Morgan fingerprint density at radius 2 is 2.00 bits per heavy atom. The van der Waals surface area contributed by atoms with Gasteiger partial charge in [-0.05, 0) is 56.5 Å². The molecule has 0 fully saturated rings. The summed E-state index contributed by atoms with van der Waals surface area (Å²) in [6.45, 7) is 2.03. The molecule has 1 heterocycles. The number of hydrogen-bond acceptors (Lipinski definition) is 4. The van der Waals surface area contributed by atoms with Crippen LogP contribution in [0.1, 0.15) is 12.6 Å². The molecule has 2 rings (SSSR count). The number of ether oxygens (including phenoxy) is 1. The van der Waals surface area contributed by atoms with E-state index in [1.807, 2.05) is 25.1 Å². The lowest BCUT2D eigenvalue weighted by molar-refractivity contribution is 0.412. The SMILES string of the molecule is CCc1nc(-c2ccc(OC)c(Br)c2)nc(N)c1Br. The van der Waals surface area contributed by atoms with Crippen molar-refractivity contribution in [2.75, 3.05) is 12.8 Å². The molecule has 0 saturated carbocycles. The summed E-state index contributed by atoms with van der Waals surface area (Å²) in [5.41, 5.74) is 7.68. The molecule has 6 heteroatoms. The van der Waals surface area contributed by atoms with Crippen molar-refractivity contribution in [1.82, 2.24) is 9.97 Å². The molecule has 1 aromatic heterocycles. The number of anilines is 1. The Morgan fingerprint density at radius 1 is 1.26 bits per heavy atom. The summed E-state index contributed by atoms with van der Waals surface area (Å²) in [5.74, 6) is 1.83. The number of aryl methyl sites for hydroxylation is 1. The second-order valence-electron chi connectivity index (χ2n) is 3.90. The third kappa shape index (κ3) is 2.90. The summed E-state index contributed by atoms with van der Waals surface area (Å²) in [5, 5.41) is 0. The zero-order chi connectivity index (χ0) is 14.0. The first kappa shape index (κ1) is 14.3. The standard InChI is InChI=1S/C13H13Br2N3O/c1-3-9-11(15)12(16)18-13(17-9)7-4-5-10(19-2)8(14)6-7/h4-6H,3H2,1-2H3,(H2,16,17,18). The summed E-state index contributed by atoms with van der Waals surface area (Å²) in [6, 6.07) is 5.69. The molecule has 0 saturated heterocycles. The van der Waals surface area contributed by atoms with Crippen LogP contribution >= 0.6 is 31.9 Å². The number of aromatic nitrogens is 2. The third-order valence-corrected chi connectivity index (χ3v) is 4.17. The summed E-state index contributed by atoms with van der Waals surface area (Å²) < 4.78 is 6.83. The number of halogens is 2. The molecular formula is C13H13Br2N3O. The average molecular weight is 387 g/mol. The van der Waals surface area contributed by atoms with Gasteiger partial charge < -0.3 is 10.5 Å². The molecule has 0 atom stereocenters. The van der Waals surface area contributed by atoms with Crippen molar-refractivity contribution in [2.24, 2.45) is 0 Å². The molecule has 0 aliphatic rings. The first-order valence-corrected chi connectivity index (χ1v) is 7.31. The van der Waals surface area contributed by atoms with Crippen molar-refractivity contribution in [3.8, 4) is 17.1 Å². The number of rotatable bonds is 3. The number of nitrogen functional groups attached to an aromatic ring is 1. The van der Waals surface area contributed by atoms with Gasteiger partial charge in [-0.3, -0.25) is 0 Å². The quantitative estimate of drug-likeness (QED) is 0.870. The van der Waals surface area contributed by atoms with Crippen LogP contribution in [0.25, 0.3) is 11.4 Å². The third-order valence-electron chi connectivity index (χ3n) is 2.69.